The lowest BCUT2D eigenvalue weighted by Gasteiger charge is -2.24. The first kappa shape index (κ1) is 19.5. The van der Waals surface area contributed by atoms with E-state index in [2.05, 4.69) is 10.6 Å². The molecule has 2 amide bonds. The molecular formula is C20H25N3O3. The summed E-state index contributed by atoms with van der Waals surface area (Å²) < 4.78 is 5.26. The number of rotatable bonds is 7. The fraction of sp³-hybridized carbons (Fsp3) is 0.300. The van der Waals surface area contributed by atoms with Gasteiger partial charge in [0.1, 0.15) is 5.75 Å². The Morgan fingerprint density at radius 3 is 2.38 bits per heavy atom. The van der Waals surface area contributed by atoms with Crippen LogP contribution in [-0.4, -0.2) is 44.0 Å². The molecule has 0 aromatic heterocycles. The van der Waals surface area contributed by atoms with Crippen molar-refractivity contribution in [3.63, 3.8) is 0 Å². The number of likely N-dealkylation sites (N-methyl/N-ethyl adjacent to an activating group) is 1. The molecule has 0 heterocycles. The molecule has 1 atom stereocenters. The fourth-order valence-corrected chi connectivity index (χ4v) is 2.52. The molecule has 2 N–H and O–H groups in total. The van der Waals surface area contributed by atoms with Crippen LogP contribution in [-0.2, 0) is 11.3 Å². The topological polar surface area (TPSA) is 70.7 Å². The highest BCUT2D eigenvalue weighted by Crippen LogP contribution is 2.23. The number of carbonyl (C=O) groups excluding carboxylic acids is 2. The minimum atomic E-state index is -0.335. The van der Waals surface area contributed by atoms with Crippen molar-refractivity contribution in [3.05, 3.63) is 59.7 Å². The first-order valence-electron chi connectivity index (χ1n) is 8.41. The van der Waals surface area contributed by atoms with Crippen molar-refractivity contribution in [2.45, 2.75) is 19.5 Å². The molecule has 0 spiro atoms. The molecule has 0 saturated carbocycles. The third-order valence-corrected chi connectivity index (χ3v) is 4.28. The van der Waals surface area contributed by atoms with Gasteiger partial charge in [-0.05, 0) is 43.8 Å². The highest BCUT2D eigenvalue weighted by molar-refractivity contribution is 5.96. The van der Waals surface area contributed by atoms with Crippen LogP contribution in [0.25, 0.3) is 0 Å². The first-order chi connectivity index (χ1) is 12.5. The van der Waals surface area contributed by atoms with E-state index in [4.69, 9.17) is 4.74 Å². The second-order valence-corrected chi connectivity index (χ2v) is 6.06. The van der Waals surface area contributed by atoms with E-state index >= 15 is 0 Å². The van der Waals surface area contributed by atoms with E-state index in [0.29, 0.717) is 23.5 Å². The largest absolute Gasteiger partial charge is 0.495 e. The van der Waals surface area contributed by atoms with Crippen molar-refractivity contribution in [3.8, 4) is 5.75 Å². The van der Waals surface area contributed by atoms with Gasteiger partial charge in [0, 0.05) is 19.2 Å². The smallest absolute Gasteiger partial charge is 0.251 e. The molecule has 26 heavy (non-hydrogen) atoms. The maximum atomic E-state index is 12.5. The highest BCUT2D eigenvalue weighted by atomic mass is 16.5. The van der Waals surface area contributed by atoms with Crippen LogP contribution in [0, 0.1) is 0 Å². The second-order valence-electron chi connectivity index (χ2n) is 6.06. The Bertz CT molecular complexity index is 759. The number of carbonyl (C=O) groups is 2. The molecule has 0 radical (unpaired) electrons. The summed E-state index contributed by atoms with van der Waals surface area (Å²) in [6.45, 7) is 2.44. The predicted molar refractivity (Wildman–Crippen MR) is 102 cm³/mol. The number of hydrogen-bond donors (Lipinski definition) is 2. The van der Waals surface area contributed by atoms with Crippen LogP contribution in [0.1, 0.15) is 22.8 Å². The third-order valence-electron chi connectivity index (χ3n) is 4.28. The number of benzene rings is 2. The SMILES string of the molecule is CNC(=O)c1ccc(CN(C)[C@@H](C)C(=O)Nc2ccccc2OC)cc1. The molecule has 0 saturated heterocycles. The zero-order chi connectivity index (χ0) is 19.1. The average Bonchev–Trinajstić information content (AvgIpc) is 2.67. The van der Waals surface area contributed by atoms with Gasteiger partial charge in [-0.2, -0.15) is 0 Å². The number of hydrogen-bond acceptors (Lipinski definition) is 4. The van der Waals surface area contributed by atoms with Crippen LogP contribution in [0.4, 0.5) is 5.69 Å². The van der Waals surface area contributed by atoms with Gasteiger partial charge in [0.25, 0.3) is 5.91 Å². The van der Waals surface area contributed by atoms with E-state index in [-0.39, 0.29) is 17.9 Å². The van der Waals surface area contributed by atoms with E-state index < -0.39 is 0 Å². The molecule has 0 fully saturated rings. The molecule has 6 nitrogen and oxygen atoms in total. The van der Waals surface area contributed by atoms with Crippen LogP contribution >= 0.6 is 0 Å². The number of methoxy groups -OCH3 is 1. The number of ether oxygens (including phenoxy) is 1. The minimum Gasteiger partial charge on any atom is -0.495 e. The third kappa shape index (κ3) is 4.83. The summed E-state index contributed by atoms with van der Waals surface area (Å²) in [6.07, 6.45) is 0. The molecule has 0 aliphatic heterocycles. The van der Waals surface area contributed by atoms with E-state index in [1.165, 1.54) is 0 Å². The molecule has 2 aromatic carbocycles. The monoisotopic (exact) mass is 355 g/mol. The summed E-state index contributed by atoms with van der Waals surface area (Å²) in [5.74, 6) is 0.397. The van der Waals surface area contributed by atoms with Crippen LogP contribution in [0.5, 0.6) is 5.75 Å². The standard InChI is InChI=1S/C20H25N3O3/c1-14(19(24)22-17-7-5-6-8-18(17)26-4)23(3)13-15-9-11-16(12-10-15)20(25)21-2/h5-12,14H,13H2,1-4H3,(H,21,25)(H,22,24)/t14-/m0/s1. The fourth-order valence-electron chi connectivity index (χ4n) is 2.52. The van der Waals surface area contributed by atoms with Gasteiger partial charge >= 0.3 is 0 Å². The van der Waals surface area contributed by atoms with E-state index in [1.807, 2.05) is 43.1 Å². The lowest BCUT2D eigenvalue weighted by atomic mass is 10.1. The lowest BCUT2D eigenvalue weighted by molar-refractivity contribution is -0.120. The summed E-state index contributed by atoms with van der Waals surface area (Å²) in [7, 11) is 5.06. The zero-order valence-electron chi connectivity index (χ0n) is 15.6. The van der Waals surface area contributed by atoms with E-state index in [0.717, 1.165) is 5.56 Å². The van der Waals surface area contributed by atoms with Crippen molar-refractivity contribution >= 4 is 17.5 Å². The Morgan fingerprint density at radius 2 is 1.77 bits per heavy atom. The maximum absolute atomic E-state index is 12.5. The van der Waals surface area contributed by atoms with Crippen molar-refractivity contribution in [1.29, 1.82) is 0 Å². The van der Waals surface area contributed by atoms with Crippen molar-refractivity contribution in [1.82, 2.24) is 10.2 Å². The minimum absolute atomic E-state index is 0.112. The van der Waals surface area contributed by atoms with Gasteiger partial charge in [-0.15, -0.1) is 0 Å². The number of amides is 2. The molecule has 0 bridgehead atoms. The second kappa shape index (κ2) is 9.01. The van der Waals surface area contributed by atoms with Gasteiger partial charge in [-0.25, -0.2) is 0 Å². The van der Waals surface area contributed by atoms with Crippen LogP contribution < -0.4 is 15.4 Å². The zero-order valence-corrected chi connectivity index (χ0v) is 15.6. The molecule has 2 aromatic rings. The molecule has 0 unspecified atom stereocenters. The Hall–Kier alpha value is -2.86. The van der Waals surface area contributed by atoms with Gasteiger partial charge in [0.05, 0.1) is 18.8 Å². The highest BCUT2D eigenvalue weighted by Gasteiger charge is 2.19. The summed E-state index contributed by atoms with van der Waals surface area (Å²) in [5.41, 5.74) is 2.29. The molecule has 0 aliphatic carbocycles. The molecular weight excluding hydrogens is 330 g/mol. The number of nitrogens with one attached hydrogen (secondary N) is 2. The summed E-state index contributed by atoms with van der Waals surface area (Å²) in [5, 5.41) is 5.50. The van der Waals surface area contributed by atoms with E-state index in [1.54, 1.807) is 38.4 Å². The quantitative estimate of drug-likeness (QED) is 0.801. The van der Waals surface area contributed by atoms with Gasteiger partial charge in [0.15, 0.2) is 0 Å². The molecule has 2 rings (SSSR count). The van der Waals surface area contributed by atoms with Gasteiger partial charge in [0.2, 0.25) is 5.91 Å². The summed E-state index contributed by atoms with van der Waals surface area (Å²) >= 11 is 0. The Balaban J connectivity index is 1.99. The normalized spacial score (nSPS) is 11.7. The van der Waals surface area contributed by atoms with Crippen LogP contribution in [0.2, 0.25) is 0 Å². The van der Waals surface area contributed by atoms with Gasteiger partial charge in [-0.3, -0.25) is 14.5 Å². The van der Waals surface area contributed by atoms with Crippen molar-refractivity contribution in [2.75, 3.05) is 26.5 Å². The van der Waals surface area contributed by atoms with Gasteiger partial charge in [-0.1, -0.05) is 24.3 Å². The average molecular weight is 355 g/mol. The lowest BCUT2D eigenvalue weighted by Crippen LogP contribution is -2.39. The first-order valence-corrected chi connectivity index (χ1v) is 8.41. The predicted octanol–water partition coefficient (Wildman–Crippen LogP) is 2.51. The summed E-state index contributed by atoms with van der Waals surface area (Å²) in [4.78, 5) is 26.1. The maximum Gasteiger partial charge on any atom is 0.251 e. The van der Waals surface area contributed by atoms with Crippen LogP contribution in [0.15, 0.2) is 48.5 Å². The van der Waals surface area contributed by atoms with Crippen molar-refractivity contribution in [2.24, 2.45) is 0 Å². The Morgan fingerprint density at radius 1 is 1.12 bits per heavy atom. The number of nitrogens with zero attached hydrogens (tertiary/aromatic N) is 1. The molecule has 6 heteroatoms. The van der Waals surface area contributed by atoms with Crippen LogP contribution in [0.3, 0.4) is 0 Å². The molecule has 138 valence electrons. The Kier molecular flexibility index (Phi) is 6.74. The number of anilines is 1. The Labute approximate surface area is 154 Å². The van der Waals surface area contributed by atoms with E-state index in [9.17, 15) is 9.59 Å². The van der Waals surface area contributed by atoms with Crippen molar-refractivity contribution < 1.29 is 14.3 Å². The van der Waals surface area contributed by atoms with Gasteiger partial charge < -0.3 is 15.4 Å². The summed E-state index contributed by atoms with van der Waals surface area (Å²) in [6, 6.07) is 14.3. The number of para-hydroxylation sites is 2. The molecule has 0 aliphatic rings.